The summed E-state index contributed by atoms with van der Waals surface area (Å²) in [6.45, 7) is 2.82. The lowest BCUT2D eigenvalue weighted by Crippen LogP contribution is -2.52. The average Bonchev–Trinajstić information content (AvgIpc) is 3.58. The van der Waals surface area contributed by atoms with E-state index in [2.05, 4.69) is 9.98 Å². The Kier molecular flexibility index (Phi) is 7.38. The molecular formula is C25H32N4O5S. The first kappa shape index (κ1) is 24.2. The van der Waals surface area contributed by atoms with E-state index in [1.165, 1.54) is 32.1 Å². The molecule has 0 radical (unpaired) electrons. The second-order valence-electron chi connectivity index (χ2n) is 9.87. The van der Waals surface area contributed by atoms with Crippen molar-refractivity contribution >= 4 is 40.4 Å². The van der Waals surface area contributed by atoms with Crippen LogP contribution in [0.3, 0.4) is 0 Å². The summed E-state index contributed by atoms with van der Waals surface area (Å²) >= 11 is 0.997. The molecule has 0 bridgehead atoms. The molecule has 3 fully saturated rings. The highest BCUT2D eigenvalue weighted by molar-refractivity contribution is 7.16. The molecule has 2 saturated heterocycles. The number of hydrogen-bond donors (Lipinski definition) is 0. The maximum atomic E-state index is 13.1. The first-order chi connectivity index (χ1) is 17.0. The van der Waals surface area contributed by atoms with Crippen molar-refractivity contribution in [3.05, 3.63) is 15.6 Å². The van der Waals surface area contributed by atoms with Crippen LogP contribution in [0.1, 0.15) is 87.7 Å². The van der Waals surface area contributed by atoms with Crippen LogP contribution in [0.15, 0.2) is 4.99 Å². The number of amides is 2. The minimum atomic E-state index is -0.363. The molecule has 10 heteroatoms. The van der Waals surface area contributed by atoms with Crippen molar-refractivity contribution in [2.75, 3.05) is 39.3 Å². The average molecular weight is 501 g/mol. The van der Waals surface area contributed by atoms with E-state index in [-0.39, 0.29) is 57.2 Å². The summed E-state index contributed by atoms with van der Waals surface area (Å²) in [6, 6.07) is 0. The first-order valence-electron chi connectivity index (χ1n) is 12.8. The third-order valence-electron chi connectivity index (χ3n) is 7.52. The lowest BCUT2D eigenvalue weighted by Gasteiger charge is -2.35. The highest BCUT2D eigenvalue weighted by Gasteiger charge is 2.36. The van der Waals surface area contributed by atoms with Gasteiger partial charge in [0.2, 0.25) is 5.78 Å². The van der Waals surface area contributed by atoms with Gasteiger partial charge in [-0.3, -0.25) is 24.2 Å². The number of nitrogens with zero attached hydrogens (tertiary/aromatic N) is 4. The molecule has 1 atom stereocenters. The summed E-state index contributed by atoms with van der Waals surface area (Å²) in [6.07, 6.45) is 8.47. The monoisotopic (exact) mass is 500 g/mol. The number of Topliss-reactive ketones (excluding diaryl/α,β-unsaturated/α-hetero) is 2. The predicted molar refractivity (Wildman–Crippen MR) is 130 cm³/mol. The molecule has 4 aliphatic rings. The van der Waals surface area contributed by atoms with E-state index in [4.69, 9.17) is 4.74 Å². The van der Waals surface area contributed by atoms with Gasteiger partial charge < -0.3 is 14.5 Å². The lowest BCUT2D eigenvalue weighted by atomic mass is 9.87. The summed E-state index contributed by atoms with van der Waals surface area (Å²) in [5, 5.41) is 0.152. The second kappa shape index (κ2) is 10.7. The minimum Gasteiger partial charge on any atom is -0.368 e. The quantitative estimate of drug-likeness (QED) is 0.615. The molecule has 188 valence electrons. The minimum absolute atomic E-state index is 0.00851. The van der Waals surface area contributed by atoms with Crippen LogP contribution in [0.25, 0.3) is 0 Å². The second-order valence-corrected chi connectivity index (χ2v) is 10.9. The molecular weight excluding hydrogens is 468 g/mol. The van der Waals surface area contributed by atoms with Crippen LogP contribution in [0.5, 0.6) is 0 Å². The van der Waals surface area contributed by atoms with Crippen molar-refractivity contribution in [3.8, 4) is 0 Å². The molecule has 1 aromatic heterocycles. The summed E-state index contributed by atoms with van der Waals surface area (Å²) in [5.41, 5.74) is 0.335. The fourth-order valence-corrected chi connectivity index (χ4v) is 6.40. The standard InChI is InChI=1S/C25H32N4O5S/c30-18-15-17(26-9-8-16-5-2-1-3-6-16)21(31)20-22(18)35-23(27-20)25(33)29-12-10-28(11-13-29)24(32)19-7-4-14-34-19/h16,19H,1-15H2. The molecule has 1 saturated carbocycles. The molecule has 2 aliphatic heterocycles. The van der Waals surface area contributed by atoms with Gasteiger partial charge in [-0.25, -0.2) is 4.98 Å². The highest BCUT2D eigenvalue weighted by atomic mass is 32.1. The van der Waals surface area contributed by atoms with Gasteiger partial charge in [-0.15, -0.1) is 11.3 Å². The topological polar surface area (TPSA) is 109 Å². The number of piperazine rings is 1. The molecule has 35 heavy (non-hydrogen) atoms. The Balaban J connectivity index is 1.20. The molecule has 2 amide bonds. The van der Waals surface area contributed by atoms with E-state index in [1.54, 1.807) is 9.80 Å². The smallest absolute Gasteiger partial charge is 0.282 e. The van der Waals surface area contributed by atoms with Gasteiger partial charge in [0.05, 0.1) is 12.1 Å². The predicted octanol–water partition coefficient (Wildman–Crippen LogP) is 2.79. The van der Waals surface area contributed by atoms with Gasteiger partial charge in [0.15, 0.2) is 10.8 Å². The Labute approximate surface area is 208 Å². The van der Waals surface area contributed by atoms with Crippen LogP contribution >= 0.6 is 11.3 Å². The summed E-state index contributed by atoms with van der Waals surface area (Å²) in [7, 11) is 0. The Morgan fingerprint density at radius 2 is 1.74 bits per heavy atom. The van der Waals surface area contributed by atoms with Crippen molar-refractivity contribution < 1.29 is 23.9 Å². The van der Waals surface area contributed by atoms with Crippen LogP contribution < -0.4 is 0 Å². The van der Waals surface area contributed by atoms with Crippen molar-refractivity contribution in [1.29, 1.82) is 0 Å². The van der Waals surface area contributed by atoms with Crippen molar-refractivity contribution in [2.45, 2.75) is 63.9 Å². The first-order valence-corrected chi connectivity index (χ1v) is 13.6. The number of carbonyl (C=O) groups is 4. The van der Waals surface area contributed by atoms with Crippen LogP contribution in [0.4, 0.5) is 0 Å². The fraction of sp³-hybridized carbons (Fsp3) is 0.680. The van der Waals surface area contributed by atoms with Gasteiger partial charge in [0.1, 0.15) is 16.7 Å². The molecule has 0 N–H and O–H groups in total. The van der Waals surface area contributed by atoms with E-state index in [9.17, 15) is 19.2 Å². The number of ether oxygens (including phenoxy) is 1. The molecule has 0 aromatic carbocycles. The molecule has 3 heterocycles. The zero-order chi connectivity index (χ0) is 24.4. The summed E-state index contributed by atoms with van der Waals surface area (Å²) in [4.78, 5) is 63.8. The van der Waals surface area contributed by atoms with E-state index in [0.29, 0.717) is 45.2 Å². The van der Waals surface area contributed by atoms with Crippen molar-refractivity contribution in [2.24, 2.45) is 10.9 Å². The molecule has 5 rings (SSSR count). The van der Waals surface area contributed by atoms with E-state index >= 15 is 0 Å². The van der Waals surface area contributed by atoms with Gasteiger partial charge in [0, 0.05) is 39.3 Å². The van der Waals surface area contributed by atoms with Gasteiger partial charge >= 0.3 is 0 Å². The molecule has 1 aromatic rings. The van der Waals surface area contributed by atoms with Gasteiger partial charge in [-0.1, -0.05) is 32.1 Å². The largest absolute Gasteiger partial charge is 0.368 e. The third kappa shape index (κ3) is 5.23. The lowest BCUT2D eigenvalue weighted by molar-refractivity contribution is -0.142. The van der Waals surface area contributed by atoms with Gasteiger partial charge in [-0.05, 0) is 25.2 Å². The molecule has 9 nitrogen and oxygen atoms in total. The summed E-state index contributed by atoms with van der Waals surface area (Å²) in [5.74, 6) is -0.177. The number of aromatic nitrogens is 1. The van der Waals surface area contributed by atoms with Crippen LogP contribution in [0, 0.1) is 5.92 Å². The summed E-state index contributed by atoms with van der Waals surface area (Å²) < 4.78 is 5.49. The number of ketones is 2. The van der Waals surface area contributed by atoms with Crippen LogP contribution in [-0.2, 0) is 9.53 Å². The van der Waals surface area contributed by atoms with E-state index in [0.717, 1.165) is 30.6 Å². The fourth-order valence-electron chi connectivity index (χ4n) is 5.43. The number of carbonyl (C=O) groups excluding carboxylic acids is 4. The van der Waals surface area contributed by atoms with Crippen molar-refractivity contribution in [1.82, 2.24) is 14.8 Å². The van der Waals surface area contributed by atoms with Gasteiger partial charge in [0.25, 0.3) is 11.8 Å². The third-order valence-corrected chi connectivity index (χ3v) is 8.60. The number of aliphatic imine (C=N–C) groups is 1. The number of thiazole rings is 1. The zero-order valence-corrected chi connectivity index (χ0v) is 20.8. The SMILES string of the molecule is O=C1C(=NCCC2CCCCC2)CC(=O)c2sc(C(=O)N3CCN(C(=O)C4CCCO4)CC3)nc21. The van der Waals surface area contributed by atoms with Gasteiger partial charge in [-0.2, -0.15) is 0 Å². The van der Waals surface area contributed by atoms with Crippen molar-refractivity contribution in [3.63, 3.8) is 0 Å². The normalized spacial score (nSPS) is 24.8. The molecule has 2 aliphatic carbocycles. The highest BCUT2D eigenvalue weighted by Crippen LogP contribution is 2.29. The maximum absolute atomic E-state index is 13.1. The molecule has 1 unspecified atom stereocenters. The van der Waals surface area contributed by atoms with Crippen LogP contribution in [-0.4, -0.2) is 89.3 Å². The zero-order valence-electron chi connectivity index (χ0n) is 20.0. The molecule has 0 spiro atoms. The van der Waals surface area contributed by atoms with E-state index in [1.807, 2.05) is 0 Å². The number of fused-ring (bicyclic) bond motifs is 1. The number of hydrogen-bond acceptors (Lipinski definition) is 8. The Bertz CT molecular complexity index is 1030. The number of rotatable bonds is 5. The Morgan fingerprint density at radius 1 is 1.00 bits per heavy atom. The van der Waals surface area contributed by atoms with Crippen LogP contribution in [0.2, 0.25) is 0 Å². The Hall–Kier alpha value is -2.46. The Morgan fingerprint density at radius 3 is 2.46 bits per heavy atom. The maximum Gasteiger partial charge on any atom is 0.282 e. The van der Waals surface area contributed by atoms with E-state index < -0.39 is 0 Å².